The highest BCUT2D eigenvalue weighted by molar-refractivity contribution is 5.92. The molecule has 3 heterocycles. The lowest BCUT2D eigenvalue weighted by Gasteiger charge is -2.21. The van der Waals surface area contributed by atoms with Gasteiger partial charge in [-0.1, -0.05) is 0 Å². The fraction of sp³-hybridized carbons (Fsp3) is 0.389. The van der Waals surface area contributed by atoms with Crippen LogP contribution in [0.1, 0.15) is 22.6 Å². The molecule has 4 rings (SSSR count). The molecule has 0 radical (unpaired) electrons. The van der Waals surface area contributed by atoms with Gasteiger partial charge in [-0.25, -0.2) is 4.98 Å². The second kappa shape index (κ2) is 6.95. The third kappa shape index (κ3) is 3.28. The van der Waals surface area contributed by atoms with Crippen molar-refractivity contribution in [2.45, 2.75) is 13.3 Å². The van der Waals surface area contributed by atoms with E-state index in [9.17, 15) is 14.9 Å². The number of aryl methyl sites for hydroxylation is 2. The van der Waals surface area contributed by atoms with Crippen LogP contribution in [0.5, 0.6) is 0 Å². The van der Waals surface area contributed by atoms with Crippen molar-refractivity contribution in [2.24, 2.45) is 7.05 Å². The monoisotopic (exact) mass is 383 g/mol. The zero-order valence-electron chi connectivity index (χ0n) is 15.8. The molecule has 1 aromatic carbocycles. The number of rotatable bonds is 3. The number of nitrogens with one attached hydrogen (secondary N) is 1. The van der Waals surface area contributed by atoms with Gasteiger partial charge in [-0.05, 0) is 25.5 Å². The van der Waals surface area contributed by atoms with Crippen LogP contribution in [0.2, 0.25) is 0 Å². The summed E-state index contributed by atoms with van der Waals surface area (Å²) in [6, 6.07) is 6.39. The highest BCUT2D eigenvalue weighted by Gasteiger charge is 2.24. The molecule has 1 aliphatic heterocycles. The van der Waals surface area contributed by atoms with Gasteiger partial charge in [0, 0.05) is 45.4 Å². The Balaban J connectivity index is 1.51. The summed E-state index contributed by atoms with van der Waals surface area (Å²) in [6.45, 7) is 4.47. The van der Waals surface area contributed by atoms with Gasteiger partial charge in [-0.3, -0.25) is 19.6 Å². The lowest BCUT2D eigenvalue weighted by Crippen LogP contribution is -2.36. The van der Waals surface area contributed by atoms with Gasteiger partial charge in [-0.2, -0.15) is 5.10 Å². The molecule has 28 heavy (non-hydrogen) atoms. The van der Waals surface area contributed by atoms with Crippen LogP contribution in [0.4, 0.5) is 11.6 Å². The van der Waals surface area contributed by atoms with E-state index in [4.69, 9.17) is 0 Å². The van der Waals surface area contributed by atoms with Crippen molar-refractivity contribution >= 4 is 28.6 Å². The first-order valence-electron chi connectivity index (χ1n) is 9.11. The van der Waals surface area contributed by atoms with Gasteiger partial charge >= 0.3 is 0 Å². The van der Waals surface area contributed by atoms with E-state index in [2.05, 4.69) is 20.0 Å². The largest absolute Gasteiger partial charge is 0.341 e. The van der Waals surface area contributed by atoms with Crippen LogP contribution in [-0.4, -0.2) is 61.7 Å². The number of aromatic amines is 1. The third-order valence-electron chi connectivity index (χ3n) is 4.97. The van der Waals surface area contributed by atoms with Gasteiger partial charge in [0.1, 0.15) is 5.69 Å². The van der Waals surface area contributed by atoms with Crippen molar-refractivity contribution in [3.63, 3.8) is 0 Å². The van der Waals surface area contributed by atoms with E-state index >= 15 is 0 Å². The maximum absolute atomic E-state index is 12.8. The third-order valence-corrected chi connectivity index (χ3v) is 4.97. The summed E-state index contributed by atoms with van der Waals surface area (Å²) in [5, 5.41) is 15.2. The molecule has 0 bridgehead atoms. The average Bonchev–Trinajstić information content (AvgIpc) is 3.13. The quantitative estimate of drug-likeness (QED) is 0.546. The van der Waals surface area contributed by atoms with Crippen molar-refractivity contribution in [1.82, 2.24) is 24.6 Å². The lowest BCUT2D eigenvalue weighted by atomic mass is 10.3. The van der Waals surface area contributed by atoms with E-state index < -0.39 is 4.92 Å². The topological polar surface area (TPSA) is 113 Å². The fourth-order valence-electron chi connectivity index (χ4n) is 3.55. The molecule has 0 atom stereocenters. The molecule has 0 spiro atoms. The van der Waals surface area contributed by atoms with E-state index in [1.165, 1.54) is 12.1 Å². The Labute approximate surface area is 160 Å². The Morgan fingerprint density at radius 3 is 2.75 bits per heavy atom. The number of anilines is 1. The SMILES string of the molecule is Cc1cc(C(=O)N2CCCN(c3nc4ccc([N+](=O)[O-])cc4[nH]3)CC2)n(C)n1. The van der Waals surface area contributed by atoms with Crippen LogP contribution in [0, 0.1) is 17.0 Å². The number of amides is 1. The summed E-state index contributed by atoms with van der Waals surface area (Å²) < 4.78 is 1.62. The van der Waals surface area contributed by atoms with E-state index in [1.807, 2.05) is 11.8 Å². The van der Waals surface area contributed by atoms with Crippen LogP contribution in [0.15, 0.2) is 24.3 Å². The molecule has 1 amide bonds. The minimum Gasteiger partial charge on any atom is -0.341 e. The normalized spacial score (nSPS) is 15.1. The van der Waals surface area contributed by atoms with Gasteiger partial charge in [0.2, 0.25) is 5.95 Å². The van der Waals surface area contributed by atoms with E-state index in [0.29, 0.717) is 42.3 Å². The summed E-state index contributed by atoms with van der Waals surface area (Å²) in [5.74, 6) is 0.645. The predicted molar refractivity (Wildman–Crippen MR) is 103 cm³/mol. The molecule has 1 fully saturated rings. The number of carbonyl (C=O) groups is 1. The zero-order valence-corrected chi connectivity index (χ0v) is 15.8. The van der Waals surface area contributed by atoms with Crippen molar-refractivity contribution in [2.75, 3.05) is 31.1 Å². The number of fused-ring (bicyclic) bond motifs is 1. The number of nitrogens with zero attached hydrogens (tertiary/aromatic N) is 6. The average molecular weight is 383 g/mol. The molecule has 1 N–H and O–H groups in total. The second-order valence-electron chi connectivity index (χ2n) is 6.95. The Morgan fingerprint density at radius 1 is 1.21 bits per heavy atom. The Morgan fingerprint density at radius 2 is 2.04 bits per heavy atom. The standard InChI is InChI=1S/C18H21N7O3/c1-12-10-16(22(2)21-12)17(26)23-6-3-7-24(9-8-23)18-19-14-5-4-13(25(27)28)11-15(14)20-18/h4-5,10-11H,3,6-9H2,1-2H3,(H,19,20). The molecule has 2 aromatic heterocycles. The van der Waals surface area contributed by atoms with Crippen molar-refractivity contribution in [3.8, 4) is 0 Å². The number of hydrogen-bond acceptors (Lipinski definition) is 6. The number of aromatic nitrogens is 4. The first-order chi connectivity index (χ1) is 13.4. The zero-order chi connectivity index (χ0) is 19.8. The van der Waals surface area contributed by atoms with Crippen LogP contribution in [-0.2, 0) is 7.05 Å². The molecule has 0 aliphatic carbocycles. The highest BCUT2D eigenvalue weighted by atomic mass is 16.6. The molecule has 10 nitrogen and oxygen atoms in total. The van der Waals surface area contributed by atoms with E-state index in [1.54, 1.807) is 23.9 Å². The Kier molecular flexibility index (Phi) is 4.46. The summed E-state index contributed by atoms with van der Waals surface area (Å²) >= 11 is 0. The molecular weight excluding hydrogens is 362 g/mol. The maximum Gasteiger partial charge on any atom is 0.272 e. The molecule has 146 valence electrons. The first kappa shape index (κ1) is 18.0. The lowest BCUT2D eigenvalue weighted by molar-refractivity contribution is -0.384. The van der Waals surface area contributed by atoms with Crippen molar-refractivity contribution in [1.29, 1.82) is 0 Å². The van der Waals surface area contributed by atoms with Crippen molar-refractivity contribution < 1.29 is 9.72 Å². The number of nitro groups is 1. The smallest absolute Gasteiger partial charge is 0.272 e. The second-order valence-corrected chi connectivity index (χ2v) is 6.95. The molecule has 3 aromatic rings. The molecular formula is C18H21N7O3. The number of hydrogen-bond donors (Lipinski definition) is 1. The number of H-pyrrole nitrogens is 1. The van der Waals surface area contributed by atoms with Crippen molar-refractivity contribution in [3.05, 3.63) is 45.8 Å². The fourth-order valence-corrected chi connectivity index (χ4v) is 3.55. The van der Waals surface area contributed by atoms with Gasteiger partial charge < -0.3 is 14.8 Å². The summed E-state index contributed by atoms with van der Waals surface area (Å²) in [4.78, 5) is 35.0. The summed E-state index contributed by atoms with van der Waals surface area (Å²) in [7, 11) is 1.78. The minimum atomic E-state index is -0.421. The number of imidazole rings is 1. The number of nitro benzene ring substituents is 1. The minimum absolute atomic E-state index is 0.0230. The molecule has 1 aliphatic rings. The van der Waals surface area contributed by atoms with Gasteiger partial charge in [0.25, 0.3) is 11.6 Å². The molecule has 1 saturated heterocycles. The Hall–Kier alpha value is -3.43. The summed E-state index contributed by atoms with van der Waals surface area (Å²) in [6.07, 6.45) is 0.805. The number of non-ortho nitro benzene ring substituents is 1. The number of carbonyl (C=O) groups excluding carboxylic acids is 1. The van der Waals surface area contributed by atoms with Gasteiger partial charge in [0.05, 0.1) is 21.7 Å². The van der Waals surface area contributed by atoms with Crippen LogP contribution >= 0.6 is 0 Å². The van der Waals surface area contributed by atoms with Crippen LogP contribution in [0.25, 0.3) is 11.0 Å². The van der Waals surface area contributed by atoms with Crippen LogP contribution < -0.4 is 4.90 Å². The highest BCUT2D eigenvalue weighted by Crippen LogP contribution is 2.23. The van der Waals surface area contributed by atoms with Crippen LogP contribution in [0.3, 0.4) is 0 Å². The van der Waals surface area contributed by atoms with Gasteiger partial charge in [0.15, 0.2) is 0 Å². The predicted octanol–water partition coefficient (Wildman–Crippen LogP) is 1.87. The molecule has 0 unspecified atom stereocenters. The van der Waals surface area contributed by atoms with Gasteiger partial charge in [-0.15, -0.1) is 0 Å². The Bertz CT molecular complexity index is 1050. The summed E-state index contributed by atoms with van der Waals surface area (Å²) in [5.41, 5.74) is 2.75. The van der Waals surface area contributed by atoms with E-state index in [-0.39, 0.29) is 11.6 Å². The van der Waals surface area contributed by atoms with E-state index in [0.717, 1.165) is 18.7 Å². The maximum atomic E-state index is 12.8. The number of benzene rings is 1. The molecule has 0 saturated carbocycles. The first-order valence-corrected chi connectivity index (χ1v) is 9.11. The molecule has 10 heteroatoms.